The van der Waals surface area contributed by atoms with Gasteiger partial charge >= 0.3 is 0 Å². The molecule has 6 nitrogen and oxygen atoms in total. The monoisotopic (exact) mass is 421 g/mol. The largest absolute Gasteiger partial charge is 0.493 e. The molecule has 7 heteroatoms. The van der Waals surface area contributed by atoms with Crippen molar-refractivity contribution < 1.29 is 14.2 Å². The maximum absolute atomic E-state index is 5.59. The van der Waals surface area contributed by atoms with Crippen LogP contribution in [0.4, 0.5) is 0 Å². The average Bonchev–Trinajstić information content (AvgIpc) is 2.54. The Labute approximate surface area is 148 Å². The smallest absolute Gasteiger partial charge is 0.203 e. The van der Waals surface area contributed by atoms with Crippen molar-refractivity contribution in [2.45, 2.75) is 19.9 Å². The molecule has 22 heavy (non-hydrogen) atoms. The van der Waals surface area contributed by atoms with Crippen molar-refractivity contribution in [1.82, 2.24) is 10.6 Å². The van der Waals surface area contributed by atoms with Crippen LogP contribution in [0.1, 0.15) is 18.9 Å². The first-order chi connectivity index (χ1) is 10.3. The molecule has 0 aromatic heterocycles. The van der Waals surface area contributed by atoms with E-state index in [1.54, 1.807) is 14.2 Å². The lowest BCUT2D eigenvalue weighted by Crippen LogP contribution is -2.40. The van der Waals surface area contributed by atoms with Gasteiger partial charge in [0.1, 0.15) is 0 Å². The predicted molar refractivity (Wildman–Crippen MR) is 97.9 cm³/mol. The number of aliphatic imine (C=N–C) groups is 1. The molecule has 1 aliphatic rings. The Bertz CT molecular complexity index is 484. The summed E-state index contributed by atoms with van der Waals surface area (Å²) in [4.78, 5) is 4.38. The van der Waals surface area contributed by atoms with E-state index in [4.69, 9.17) is 14.2 Å². The molecule has 0 bridgehead atoms. The van der Waals surface area contributed by atoms with Crippen LogP contribution in [0.15, 0.2) is 17.1 Å². The zero-order chi connectivity index (χ0) is 15.1. The predicted octanol–water partition coefficient (Wildman–Crippen LogP) is 2.16. The van der Waals surface area contributed by atoms with Gasteiger partial charge in [-0.15, -0.1) is 24.0 Å². The number of hydrogen-bond acceptors (Lipinski definition) is 6. The maximum atomic E-state index is 5.59. The third kappa shape index (κ3) is 4.82. The highest BCUT2D eigenvalue weighted by atomic mass is 127. The standard InChI is InChI=1S/C15H23N3O3.HI/c1-4-21-14-12(19-2)8-11(9-13(14)20-3)10-18-15-16-6-5-7-17-15;/h8-9H,4-7,10H2,1-3H3,(H2,16,17,18);1H. The van der Waals surface area contributed by atoms with Crippen molar-refractivity contribution in [3.05, 3.63) is 17.7 Å². The second-order valence-electron chi connectivity index (χ2n) is 4.63. The Morgan fingerprint density at radius 3 is 2.41 bits per heavy atom. The van der Waals surface area contributed by atoms with E-state index < -0.39 is 0 Å². The fraction of sp³-hybridized carbons (Fsp3) is 0.533. The molecular weight excluding hydrogens is 397 g/mol. The second kappa shape index (κ2) is 9.60. The zero-order valence-electron chi connectivity index (χ0n) is 13.3. The van der Waals surface area contributed by atoms with Gasteiger partial charge in [-0.25, -0.2) is 0 Å². The maximum Gasteiger partial charge on any atom is 0.203 e. The highest BCUT2D eigenvalue weighted by Crippen LogP contribution is 2.38. The number of benzene rings is 1. The summed E-state index contributed by atoms with van der Waals surface area (Å²) >= 11 is 0. The molecule has 1 aromatic carbocycles. The number of ether oxygens (including phenoxy) is 3. The van der Waals surface area contributed by atoms with Crippen molar-refractivity contribution in [3.8, 4) is 17.2 Å². The molecule has 1 heterocycles. The number of guanidine groups is 1. The Morgan fingerprint density at radius 2 is 1.91 bits per heavy atom. The lowest BCUT2D eigenvalue weighted by molar-refractivity contribution is 0.288. The Kier molecular flexibility index (Phi) is 8.15. The topological polar surface area (TPSA) is 64.1 Å². The third-order valence-electron chi connectivity index (χ3n) is 3.17. The van der Waals surface area contributed by atoms with Crippen LogP contribution in [0.5, 0.6) is 17.2 Å². The van der Waals surface area contributed by atoms with E-state index in [9.17, 15) is 0 Å². The SMILES string of the molecule is CCOc1c(OC)cc(CNC2=NCCCN2)cc1OC.I. The molecule has 0 saturated heterocycles. The molecule has 2 N–H and O–H groups in total. The van der Waals surface area contributed by atoms with Gasteiger partial charge in [0.15, 0.2) is 17.5 Å². The highest BCUT2D eigenvalue weighted by Gasteiger charge is 2.14. The molecule has 0 amide bonds. The van der Waals surface area contributed by atoms with Gasteiger partial charge in [-0.3, -0.25) is 4.99 Å². The lowest BCUT2D eigenvalue weighted by Gasteiger charge is -2.18. The Hall–Kier alpha value is -1.38. The van der Waals surface area contributed by atoms with Gasteiger partial charge in [-0.1, -0.05) is 0 Å². The molecule has 1 aromatic rings. The molecular formula is C15H24IN3O3. The third-order valence-corrected chi connectivity index (χ3v) is 3.17. The van der Waals surface area contributed by atoms with Crippen LogP contribution < -0.4 is 24.8 Å². The summed E-state index contributed by atoms with van der Waals surface area (Å²) in [6, 6.07) is 3.90. The molecule has 1 aliphatic heterocycles. The minimum absolute atomic E-state index is 0. The van der Waals surface area contributed by atoms with Crippen molar-refractivity contribution in [2.75, 3.05) is 33.9 Å². The van der Waals surface area contributed by atoms with Crippen LogP contribution in [0.2, 0.25) is 0 Å². The molecule has 0 saturated carbocycles. The van der Waals surface area contributed by atoms with Crippen molar-refractivity contribution in [3.63, 3.8) is 0 Å². The number of methoxy groups -OCH3 is 2. The highest BCUT2D eigenvalue weighted by molar-refractivity contribution is 14.0. The quantitative estimate of drug-likeness (QED) is 0.690. The molecule has 0 spiro atoms. The number of halogens is 1. The van der Waals surface area contributed by atoms with Gasteiger partial charge in [0.2, 0.25) is 5.75 Å². The van der Waals surface area contributed by atoms with Gasteiger partial charge in [-0.2, -0.15) is 0 Å². The average molecular weight is 421 g/mol. The number of nitrogens with zero attached hydrogens (tertiary/aromatic N) is 1. The summed E-state index contributed by atoms with van der Waals surface area (Å²) in [5.41, 5.74) is 1.04. The number of nitrogens with one attached hydrogen (secondary N) is 2. The minimum Gasteiger partial charge on any atom is -0.493 e. The minimum atomic E-state index is 0. The summed E-state index contributed by atoms with van der Waals surface area (Å²) in [6.07, 6.45) is 1.08. The molecule has 0 radical (unpaired) electrons. The summed E-state index contributed by atoms with van der Waals surface area (Å²) in [7, 11) is 3.25. The summed E-state index contributed by atoms with van der Waals surface area (Å²) in [5.74, 6) is 2.82. The molecule has 0 aliphatic carbocycles. The summed E-state index contributed by atoms with van der Waals surface area (Å²) in [5, 5.41) is 6.51. The van der Waals surface area contributed by atoms with Crippen molar-refractivity contribution in [1.29, 1.82) is 0 Å². The molecule has 0 atom stereocenters. The lowest BCUT2D eigenvalue weighted by atomic mass is 10.1. The molecule has 0 fully saturated rings. The fourth-order valence-electron chi connectivity index (χ4n) is 2.16. The number of rotatable bonds is 6. The van der Waals surface area contributed by atoms with Crippen LogP contribution in [0.3, 0.4) is 0 Å². The van der Waals surface area contributed by atoms with E-state index >= 15 is 0 Å². The molecule has 2 rings (SSSR count). The fourth-order valence-corrected chi connectivity index (χ4v) is 2.16. The first-order valence-electron chi connectivity index (χ1n) is 7.18. The van der Waals surface area contributed by atoms with Crippen LogP contribution in [0.25, 0.3) is 0 Å². The Balaban J connectivity index is 0.00000242. The first kappa shape index (κ1) is 18.7. The van der Waals surface area contributed by atoms with E-state index in [1.165, 1.54) is 0 Å². The van der Waals surface area contributed by atoms with E-state index in [0.717, 1.165) is 31.0 Å². The second-order valence-corrected chi connectivity index (χ2v) is 4.63. The summed E-state index contributed by atoms with van der Waals surface area (Å²) < 4.78 is 16.4. The van der Waals surface area contributed by atoms with Crippen LogP contribution in [-0.2, 0) is 6.54 Å². The van der Waals surface area contributed by atoms with Gasteiger partial charge in [0.25, 0.3) is 0 Å². The van der Waals surface area contributed by atoms with Gasteiger partial charge in [-0.05, 0) is 31.0 Å². The van der Waals surface area contributed by atoms with E-state index in [1.807, 2.05) is 19.1 Å². The normalized spacial score (nSPS) is 13.3. The number of hydrogen-bond donors (Lipinski definition) is 2. The zero-order valence-corrected chi connectivity index (χ0v) is 15.6. The van der Waals surface area contributed by atoms with Gasteiger partial charge in [0, 0.05) is 19.6 Å². The first-order valence-corrected chi connectivity index (χ1v) is 7.18. The van der Waals surface area contributed by atoms with E-state index in [-0.39, 0.29) is 24.0 Å². The van der Waals surface area contributed by atoms with Crippen LogP contribution >= 0.6 is 24.0 Å². The van der Waals surface area contributed by atoms with E-state index in [2.05, 4.69) is 15.6 Å². The van der Waals surface area contributed by atoms with Crippen molar-refractivity contribution in [2.24, 2.45) is 4.99 Å². The van der Waals surface area contributed by atoms with Gasteiger partial charge < -0.3 is 24.8 Å². The van der Waals surface area contributed by atoms with Crippen LogP contribution in [-0.4, -0.2) is 39.9 Å². The summed E-state index contributed by atoms with van der Waals surface area (Å²) in [6.45, 7) is 4.96. The van der Waals surface area contributed by atoms with Gasteiger partial charge in [0.05, 0.1) is 20.8 Å². The Morgan fingerprint density at radius 1 is 1.23 bits per heavy atom. The van der Waals surface area contributed by atoms with E-state index in [0.29, 0.717) is 30.4 Å². The van der Waals surface area contributed by atoms with Crippen LogP contribution in [0, 0.1) is 0 Å². The van der Waals surface area contributed by atoms with Crippen molar-refractivity contribution >= 4 is 29.9 Å². The molecule has 124 valence electrons. The molecule has 0 unspecified atom stereocenters.